The molecular weight excluding hydrogens is 318 g/mol. The largest absolute Gasteiger partial charge is 0.478 e. The average molecular weight is 345 g/mol. The van der Waals surface area contributed by atoms with E-state index >= 15 is 0 Å². The van der Waals surface area contributed by atoms with Crippen molar-refractivity contribution in [1.29, 1.82) is 0 Å². The predicted octanol–water partition coefficient (Wildman–Crippen LogP) is 3.23. The van der Waals surface area contributed by atoms with Gasteiger partial charge in [0.1, 0.15) is 0 Å². The summed E-state index contributed by atoms with van der Waals surface area (Å²) in [7, 11) is 0. The van der Waals surface area contributed by atoms with E-state index in [2.05, 4.69) is 42.2 Å². The molecule has 1 aromatic carbocycles. The fourth-order valence-electron chi connectivity index (χ4n) is 3.79. The highest BCUT2D eigenvalue weighted by atomic mass is 16.4. The summed E-state index contributed by atoms with van der Waals surface area (Å²) in [6, 6.07) is 11.1. The number of hydrogen-bond donors (Lipinski definition) is 2. The van der Waals surface area contributed by atoms with Crippen LogP contribution in [0.4, 0.5) is 0 Å². The first-order valence-electron chi connectivity index (χ1n) is 8.92. The third-order valence-electron chi connectivity index (χ3n) is 5.06. The Labute approximate surface area is 149 Å². The van der Waals surface area contributed by atoms with Gasteiger partial charge < -0.3 is 15.1 Å². The number of rotatable bonds is 6. The molecule has 1 saturated heterocycles. The Kier molecular flexibility index (Phi) is 7.19. The highest BCUT2D eigenvalue weighted by Gasteiger charge is 2.46. The van der Waals surface area contributed by atoms with E-state index in [1.54, 1.807) is 5.56 Å². The lowest BCUT2D eigenvalue weighted by Crippen LogP contribution is -2.33. The van der Waals surface area contributed by atoms with Crippen LogP contribution in [0.25, 0.3) is 0 Å². The second-order valence-electron chi connectivity index (χ2n) is 6.80. The van der Waals surface area contributed by atoms with Gasteiger partial charge in [0.2, 0.25) is 0 Å². The highest BCUT2D eigenvalue weighted by molar-refractivity contribution is 5.89. The molecule has 5 nitrogen and oxygen atoms in total. The molecule has 0 spiro atoms. The molecule has 3 rings (SSSR count). The van der Waals surface area contributed by atoms with Gasteiger partial charge in [-0.15, -0.1) is 0 Å². The van der Waals surface area contributed by atoms with Gasteiger partial charge in [-0.25, -0.2) is 9.59 Å². The molecular formula is C20H27NO4. The Morgan fingerprint density at radius 3 is 2.32 bits per heavy atom. The van der Waals surface area contributed by atoms with E-state index in [4.69, 9.17) is 10.2 Å². The van der Waals surface area contributed by atoms with E-state index in [1.807, 2.05) is 0 Å². The molecule has 25 heavy (non-hydrogen) atoms. The van der Waals surface area contributed by atoms with Crippen molar-refractivity contribution in [2.45, 2.75) is 32.1 Å². The van der Waals surface area contributed by atoms with E-state index in [1.165, 1.54) is 38.9 Å². The van der Waals surface area contributed by atoms with Crippen molar-refractivity contribution < 1.29 is 19.8 Å². The first-order chi connectivity index (χ1) is 12.0. The molecule has 0 amide bonds. The summed E-state index contributed by atoms with van der Waals surface area (Å²) in [5, 5.41) is 15.6. The van der Waals surface area contributed by atoms with E-state index < -0.39 is 11.9 Å². The van der Waals surface area contributed by atoms with Crippen LogP contribution in [0.2, 0.25) is 0 Å². The average Bonchev–Trinajstić information content (AvgIpc) is 2.89. The number of carboxylic acids is 2. The molecule has 1 aliphatic carbocycles. The maximum absolute atomic E-state index is 9.55. The van der Waals surface area contributed by atoms with Crippen molar-refractivity contribution in [2.24, 2.45) is 11.8 Å². The summed E-state index contributed by atoms with van der Waals surface area (Å²) in [5.74, 6) is 0.291. The van der Waals surface area contributed by atoms with Crippen LogP contribution in [0.5, 0.6) is 0 Å². The zero-order chi connectivity index (χ0) is 18.2. The molecule has 3 atom stereocenters. The second-order valence-corrected chi connectivity index (χ2v) is 6.80. The van der Waals surface area contributed by atoms with Crippen molar-refractivity contribution in [3.63, 3.8) is 0 Å². The molecule has 1 heterocycles. The lowest BCUT2D eigenvalue weighted by atomic mass is 9.64. The van der Waals surface area contributed by atoms with Gasteiger partial charge in [-0.3, -0.25) is 0 Å². The highest BCUT2D eigenvalue weighted by Crippen LogP contribution is 2.51. The maximum Gasteiger partial charge on any atom is 0.328 e. The SMILES string of the molecule is CCCCN1CC2CC(c3ccccc3)C2C1.O=C(O)/C=C\C(=O)O. The summed E-state index contributed by atoms with van der Waals surface area (Å²) in [6.45, 7) is 6.33. The van der Waals surface area contributed by atoms with Crippen LogP contribution in [0.15, 0.2) is 42.5 Å². The molecule has 0 aromatic heterocycles. The standard InChI is InChI=1S/C16H23N.C4H4O4/c1-2-3-9-17-11-14-10-15(16(14)12-17)13-7-5-4-6-8-13;5-3(6)1-2-4(7)8/h4-8,14-16H,2-3,9-12H2,1H3;1-2H,(H,5,6)(H,7,8)/b;2-1-. The molecule has 0 bridgehead atoms. The summed E-state index contributed by atoms with van der Waals surface area (Å²) < 4.78 is 0. The number of fused-ring (bicyclic) bond motifs is 1. The van der Waals surface area contributed by atoms with Crippen LogP contribution in [-0.2, 0) is 9.59 Å². The minimum atomic E-state index is -1.26. The lowest BCUT2D eigenvalue weighted by molar-refractivity contribution is -0.134. The Morgan fingerprint density at radius 2 is 1.76 bits per heavy atom. The molecule has 1 saturated carbocycles. The maximum atomic E-state index is 9.55. The van der Waals surface area contributed by atoms with E-state index in [0.717, 1.165) is 17.8 Å². The zero-order valence-corrected chi connectivity index (χ0v) is 14.7. The molecule has 136 valence electrons. The normalized spacial score (nSPS) is 24.9. The number of aliphatic carboxylic acids is 2. The van der Waals surface area contributed by atoms with Crippen molar-refractivity contribution >= 4 is 11.9 Å². The zero-order valence-electron chi connectivity index (χ0n) is 14.7. The monoisotopic (exact) mass is 345 g/mol. The van der Waals surface area contributed by atoms with Crippen LogP contribution in [0.1, 0.15) is 37.7 Å². The Balaban J connectivity index is 0.000000242. The van der Waals surface area contributed by atoms with Crippen LogP contribution >= 0.6 is 0 Å². The van der Waals surface area contributed by atoms with E-state index in [-0.39, 0.29) is 0 Å². The number of likely N-dealkylation sites (tertiary alicyclic amines) is 1. The van der Waals surface area contributed by atoms with Crippen molar-refractivity contribution in [1.82, 2.24) is 4.90 Å². The Hall–Kier alpha value is -2.14. The molecule has 3 unspecified atom stereocenters. The summed E-state index contributed by atoms with van der Waals surface area (Å²) in [4.78, 5) is 21.8. The summed E-state index contributed by atoms with van der Waals surface area (Å²) in [6.07, 6.45) is 5.24. The van der Waals surface area contributed by atoms with Crippen molar-refractivity contribution in [2.75, 3.05) is 19.6 Å². The summed E-state index contributed by atoms with van der Waals surface area (Å²) in [5.41, 5.74) is 1.58. The fourth-order valence-corrected chi connectivity index (χ4v) is 3.79. The third-order valence-corrected chi connectivity index (χ3v) is 5.06. The minimum Gasteiger partial charge on any atom is -0.478 e. The molecule has 1 aliphatic heterocycles. The number of carboxylic acid groups (broad SMARTS) is 2. The van der Waals surface area contributed by atoms with Crippen LogP contribution < -0.4 is 0 Å². The Morgan fingerprint density at radius 1 is 1.12 bits per heavy atom. The topological polar surface area (TPSA) is 77.8 Å². The first-order valence-corrected chi connectivity index (χ1v) is 8.92. The van der Waals surface area contributed by atoms with Gasteiger partial charge in [0.15, 0.2) is 0 Å². The minimum absolute atomic E-state index is 0.558. The van der Waals surface area contributed by atoms with Crippen LogP contribution in [0.3, 0.4) is 0 Å². The number of hydrogen-bond acceptors (Lipinski definition) is 3. The Bertz CT molecular complexity index is 583. The second kappa shape index (κ2) is 9.37. The molecule has 2 N–H and O–H groups in total. The van der Waals surface area contributed by atoms with Gasteiger partial charge in [0.05, 0.1) is 0 Å². The molecule has 5 heteroatoms. The quantitative estimate of drug-likeness (QED) is 0.774. The third kappa shape index (κ3) is 5.71. The molecule has 0 radical (unpaired) electrons. The predicted molar refractivity (Wildman–Crippen MR) is 96.5 cm³/mol. The first kappa shape index (κ1) is 19.2. The number of benzene rings is 1. The number of unbranched alkanes of at least 4 members (excludes halogenated alkanes) is 1. The van der Waals surface area contributed by atoms with Gasteiger partial charge in [-0.05, 0) is 42.7 Å². The number of carbonyl (C=O) groups is 2. The smallest absolute Gasteiger partial charge is 0.328 e. The van der Waals surface area contributed by atoms with Crippen molar-refractivity contribution in [3.8, 4) is 0 Å². The van der Waals surface area contributed by atoms with Gasteiger partial charge in [0.25, 0.3) is 0 Å². The van der Waals surface area contributed by atoms with Crippen LogP contribution in [-0.4, -0.2) is 46.7 Å². The number of nitrogens with zero attached hydrogens (tertiary/aromatic N) is 1. The molecule has 2 fully saturated rings. The van der Waals surface area contributed by atoms with Gasteiger partial charge in [0, 0.05) is 25.2 Å². The molecule has 1 aromatic rings. The van der Waals surface area contributed by atoms with Crippen molar-refractivity contribution in [3.05, 3.63) is 48.0 Å². The van der Waals surface area contributed by atoms with Gasteiger partial charge in [-0.2, -0.15) is 0 Å². The van der Waals surface area contributed by atoms with Crippen LogP contribution in [0, 0.1) is 11.8 Å². The summed E-state index contributed by atoms with van der Waals surface area (Å²) >= 11 is 0. The van der Waals surface area contributed by atoms with E-state index in [9.17, 15) is 9.59 Å². The van der Waals surface area contributed by atoms with E-state index in [0.29, 0.717) is 12.2 Å². The fraction of sp³-hybridized carbons (Fsp3) is 0.500. The van der Waals surface area contributed by atoms with Gasteiger partial charge in [-0.1, -0.05) is 43.7 Å². The van der Waals surface area contributed by atoms with Gasteiger partial charge >= 0.3 is 11.9 Å². The lowest BCUT2D eigenvalue weighted by Gasteiger charge is -2.40. The molecule has 2 aliphatic rings.